The van der Waals surface area contributed by atoms with E-state index in [0.29, 0.717) is 11.3 Å². The summed E-state index contributed by atoms with van der Waals surface area (Å²) in [6.07, 6.45) is 6.75. The van der Waals surface area contributed by atoms with E-state index in [2.05, 4.69) is 15.0 Å². The maximum Gasteiger partial charge on any atom is 0.432 e. The number of halogens is 3. The molecule has 1 aliphatic rings. The lowest BCUT2D eigenvalue weighted by molar-refractivity contribution is -0.141. The molecule has 3 N–H and O–H groups in total. The first-order chi connectivity index (χ1) is 15.2. The molecule has 0 radical (unpaired) electrons. The van der Waals surface area contributed by atoms with E-state index in [-0.39, 0.29) is 11.6 Å². The van der Waals surface area contributed by atoms with E-state index in [4.69, 9.17) is 9.90 Å². The molecule has 2 heterocycles. The molecule has 9 heteroatoms. The second-order valence-corrected chi connectivity index (χ2v) is 7.26. The number of rotatable bonds is 2. The highest BCUT2D eigenvalue weighted by Crippen LogP contribution is 2.29. The van der Waals surface area contributed by atoms with Crippen LogP contribution in [0.4, 0.5) is 13.2 Å². The highest BCUT2D eigenvalue weighted by molar-refractivity contribution is 5.64. The minimum Gasteiger partial charge on any atom is -0.508 e. The fourth-order valence-corrected chi connectivity index (χ4v) is 3.01. The van der Waals surface area contributed by atoms with Crippen LogP contribution < -0.4 is 0 Å². The van der Waals surface area contributed by atoms with Crippen LogP contribution in [-0.2, 0) is 11.0 Å². The van der Waals surface area contributed by atoms with Gasteiger partial charge in [-0.2, -0.15) is 13.2 Å². The van der Waals surface area contributed by atoms with Crippen molar-refractivity contribution in [1.82, 2.24) is 15.0 Å². The van der Waals surface area contributed by atoms with E-state index in [1.807, 2.05) is 0 Å². The Morgan fingerprint density at radius 1 is 0.875 bits per heavy atom. The van der Waals surface area contributed by atoms with Crippen molar-refractivity contribution in [3.8, 4) is 28.4 Å². The summed E-state index contributed by atoms with van der Waals surface area (Å²) < 4.78 is 37.6. The minimum absolute atomic E-state index is 0.108. The van der Waals surface area contributed by atoms with Crippen molar-refractivity contribution in [2.45, 2.75) is 51.6 Å². The van der Waals surface area contributed by atoms with E-state index in [1.165, 1.54) is 56.9 Å². The number of aromatic nitrogens is 3. The average Bonchev–Trinajstić information content (AvgIpc) is 3.27. The number of aromatic amines is 1. The van der Waals surface area contributed by atoms with E-state index in [9.17, 15) is 18.3 Å². The van der Waals surface area contributed by atoms with Crippen LogP contribution in [0, 0.1) is 0 Å². The first kappa shape index (κ1) is 24.9. The van der Waals surface area contributed by atoms with Crippen molar-refractivity contribution in [1.29, 1.82) is 0 Å². The largest absolute Gasteiger partial charge is 0.508 e. The zero-order chi connectivity index (χ0) is 23.6. The normalized spacial score (nSPS) is 13.2. The first-order valence-electron chi connectivity index (χ1n) is 10.2. The molecule has 0 spiro atoms. The number of nitrogens with one attached hydrogen (secondary N) is 1. The molecule has 6 nitrogen and oxygen atoms in total. The zero-order valence-corrected chi connectivity index (χ0v) is 17.7. The molecule has 1 aliphatic carbocycles. The number of hydrogen-bond donors (Lipinski definition) is 3. The van der Waals surface area contributed by atoms with Gasteiger partial charge in [0.15, 0.2) is 0 Å². The molecule has 3 aromatic rings. The van der Waals surface area contributed by atoms with Crippen molar-refractivity contribution >= 4 is 5.97 Å². The SMILES string of the molecule is C1CCCCC1.CC(=O)O.Oc1ccc(-c2ccc(-c3ncc(C(F)(F)F)[nH]3)cn2)cc1. The predicted octanol–water partition coefficient (Wildman–Crippen LogP) is 6.29. The lowest BCUT2D eigenvalue weighted by Gasteiger charge is -2.05. The Bertz CT molecular complexity index is 949. The molecule has 0 aliphatic heterocycles. The maximum absolute atomic E-state index is 12.5. The number of alkyl halides is 3. The predicted molar refractivity (Wildman–Crippen MR) is 115 cm³/mol. The number of hydrogen-bond acceptors (Lipinski definition) is 4. The third kappa shape index (κ3) is 8.41. The number of aliphatic carboxylic acids is 1. The van der Waals surface area contributed by atoms with Crippen LogP contribution in [0.1, 0.15) is 51.1 Å². The Hall–Kier alpha value is -3.36. The summed E-state index contributed by atoms with van der Waals surface area (Å²) >= 11 is 0. The topological polar surface area (TPSA) is 99.1 Å². The summed E-state index contributed by atoms with van der Waals surface area (Å²) in [5, 5.41) is 16.7. The van der Waals surface area contributed by atoms with Gasteiger partial charge in [-0.05, 0) is 36.4 Å². The number of nitrogens with zero attached hydrogens (tertiary/aromatic N) is 2. The summed E-state index contributed by atoms with van der Waals surface area (Å²) in [6.45, 7) is 1.08. The number of phenolic OH excluding ortho intramolecular Hbond substituents is 1. The smallest absolute Gasteiger partial charge is 0.432 e. The van der Waals surface area contributed by atoms with Gasteiger partial charge < -0.3 is 15.2 Å². The number of pyridine rings is 1. The molecule has 0 saturated heterocycles. The average molecular weight is 449 g/mol. The Morgan fingerprint density at radius 3 is 1.78 bits per heavy atom. The molecule has 0 bridgehead atoms. The molecule has 4 rings (SSSR count). The van der Waals surface area contributed by atoms with E-state index in [1.54, 1.807) is 24.3 Å². The summed E-state index contributed by atoms with van der Waals surface area (Å²) in [7, 11) is 0. The molecule has 32 heavy (non-hydrogen) atoms. The molecule has 172 valence electrons. The first-order valence-corrected chi connectivity index (χ1v) is 10.2. The van der Waals surface area contributed by atoms with Crippen molar-refractivity contribution in [2.24, 2.45) is 0 Å². The Kier molecular flexibility index (Phi) is 9.24. The van der Waals surface area contributed by atoms with Crippen LogP contribution in [0.3, 0.4) is 0 Å². The van der Waals surface area contributed by atoms with Crippen LogP contribution >= 0.6 is 0 Å². The molecule has 0 unspecified atom stereocenters. The molecule has 1 aromatic carbocycles. The van der Waals surface area contributed by atoms with E-state index >= 15 is 0 Å². The van der Waals surface area contributed by atoms with Gasteiger partial charge in [0.05, 0.1) is 11.9 Å². The third-order valence-corrected chi connectivity index (χ3v) is 4.58. The Morgan fingerprint density at radius 2 is 1.38 bits per heavy atom. The quantitative estimate of drug-likeness (QED) is 0.427. The fourth-order valence-electron chi connectivity index (χ4n) is 3.01. The van der Waals surface area contributed by atoms with Gasteiger partial charge in [-0.3, -0.25) is 9.78 Å². The maximum atomic E-state index is 12.5. The van der Waals surface area contributed by atoms with E-state index < -0.39 is 17.8 Å². The summed E-state index contributed by atoms with van der Waals surface area (Å²) in [5.41, 5.74) is 0.995. The van der Waals surface area contributed by atoms with Gasteiger partial charge in [-0.25, -0.2) is 4.98 Å². The van der Waals surface area contributed by atoms with Crippen molar-refractivity contribution in [3.05, 3.63) is 54.5 Å². The number of carbonyl (C=O) groups is 1. The van der Waals surface area contributed by atoms with Gasteiger partial charge in [0.25, 0.3) is 5.97 Å². The lowest BCUT2D eigenvalue weighted by atomic mass is 10.0. The second-order valence-electron chi connectivity index (χ2n) is 7.26. The number of H-pyrrole nitrogens is 1. The lowest BCUT2D eigenvalue weighted by Crippen LogP contribution is -2.04. The number of benzene rings is 1. The van der Waals surface area contributed by atoms with Crippen molar-refractivity contribution in [3.63, 3.8) is 0 Å². The zero-order valence-electron chi connectivity index (χ0n) is 17.7. The van der Waals surface area contributed by atoms with Crippen LogP contribution in [0.15, 0.2) is 48.8 Å². The van der Waals surface area contributed by atoms with Crippen LogP contribution in [-0.4, -0.2) is 31.1 Å². The van der Waals surface area contributed by atoms with Crippen molar-refractivity contribution < 1.29 is 28.2 Å². The second kappa shape index (κ2) is 11.9. The fraction of sp³-hybridized carbons (Fsp3) is 0.348. The summed E-state index contributed by atoms with van der Waals surface area (Å²) in [6, 6.07) is 9.78. The number of phenols is 1. The summed E-state index contributed by atoms with van der Waals surface area (Å²) in [4.78, 5) is 19.1. The van der Waals surface area contributed by atoms with Gasteiger partial charge in [-0.1, -0.05) is 38.5 Å². The van der Waals surface area contributed by atoms with E-state index in [0.717, 1.165) is 18.7 Å². The molecular weight excluding hydrogens is 423 g/mol. The van der Waals surface area contributed by atoms with Gasteiger partial charge in [0, 0.05) is 24.2 Å². The Labute approximate surface area is 184 Å². The highest BCUT2D eigenvalue weighted by Gasteiger charge is 2.33. The number of aromatic hydroxyl groups is 1. The van der Waals surface area contributed by atoms with Crippen molar-refractivity contribution in [2.75, 3.05) is 0 Å². The van der Waals surface area contributed by atoms with Crippen LogP contribution in [0.2, 0.25) is 0 Å². The van der Waals surface area contributed by atoms with Gasteiger partial charge in [0.2, 0.25) is 0 Å². The number of carboxylic acid groups (broad SMARTS) is 1. The standard InChI is InChI=1S/C15H10F3N3O.C6H12.C2H4O2/c16-15(17,18)13-8-20-14(21-13)10-3-6-12(19-7-10)9-1-4-11(22)5-2-9;1-2-4-6-5-3-1;1-2(3)4/h1-8,22H,(H,20,21);1-6H2;1H3,(H,3,4). The monoisotopic (exact) mass is 449 g/mol. The minimum atomic E-state index is -4.45. The molecule has 0 atom stereocenters. The third-order valence-electron chi connectivity index (χ3n) is 4.58. The van der Waals surface area contributed by atoms with Gasteiger partial charge >= 0.3 is 6.18 Å². The molecule has 1 saturated carbocycles. The van der Waals surface area contributed by atoms with Gasteiger partial charge in [-0.15, -0.1) is 0 Å². The summed E-state index contributed by atoms with van der Waals surface area (Å²) in [5.74, 6) is -0.576. The molecule has 1 fully saturated rings. The molecular formula is C23H26F3N3O3. The molecule has 0 amide bonds. The van der Waals surface area contributed by atoms with Crippen LogP contribution in [0.5, 0.6) is 5.75 Å². The Balaban J connectivity index is 0.000000301. The molecule has 2 aromatic heterocycles. The highest BCUT2D eigenvalue weighted by atomic mass is 19.4. The van der Waals surface area contributed by atoms with Gasteiger partial charge in [0.1, 0.15) is 17.3 Å². The van der Waals surface area contributed by atoms with Crippen LogP contribution in [0.25, 0.3) is 22.6 Å². The number of carboxylic acids is 1. The number of imidazole rings is 1.